The lowest BCUT2D eigenvalue weighted by Crippen LogP contribution is -2.24. The van der Waals surface area contributed by atoms with Gasteiger partial charge in [0.25, 0.3) is 0 Å². The molecule has 0 aliphatic heterocycles. The molecule has 0 spiro atoms. The average molecular weight is 254 g/mol. The molecule has 1 aliphatic carbocycles. The molecule has 2 rings (SSSR count). The number of rotatable bonds is 5. The highest BCUT2D eigenvalue weighted by molar-refractivity contribution is 7.13. The predicted molar refractivity (Wildman–Crippen MR) is 68.4 cm³/mol. The number of thiazole rings is 1. The van der Waals surface area contributed by atoms with Crippen LogP contribution in [-0.2, 0) is 11.2 Å². The molecule has 0 saturated heterocycles. The zero-order valence-electron chi connectivity index (χ0n) is 9.98. The van der Waals surface area contributed by atoms with Crippen molar-refractivity contribution < 1.29 is 9.90 Å². The van der Waals surface area contributed by atoms with Crippen molar-refractivity contribution >= 4 is 22.4 Å². The molecule has 4 nitrogen and oxygen atoms in total. The van der Waals surface area contributed by atoms with Crippen molar-refractivity contribution in [3.63, 3.8) is 0 Å². The largest absolute Gasteiger partial charge is 0.481 e. The Bertz CT molecular complexity index is 392. The van der Waals surface area contributed by atoms with Crippen LogP contribution in [0.25, 0.3) is 0 Å². The van der Waals surface area contributed by atoms with Crippen molar-refractivity contribution in [2.24, 2.45) is 11.8 Å². The van der Waals surface area contributed by atoms with Gasteiger partial charge in [0, 0.05) is 11.9 Å². The Morgan fingerprint density at radius 3 is 3.12 bits per heavy atom. The third-order valence-corrected chi connectivity index (χ3v) is 4.25. The van der Waals surface area contributed by atoms with Crippen molar-refractivity contribution in [2.45, 2.75) is 32.6 Å². The summed E-state index contributed by atoms with van der Waals surface area (Å²) in [6.45, 7) is 2.81. The van der Waals surface area contributed by atoms with Gasteiger partial charge < -0.3 is 10.4 Å². The van der Waals surface area contributed by atoms with Gasteiger partial charge in [-0.2, -0.15) is 0 Å². The maximum atomic E-state index is 11.0. The van der Waals surface area contributed by atoms with E-state index in [1.54, 1.807) is 11.3 Å². The zero-order valence-corrected chi connectivity index (χ0v) is 10.8. The smallest absolute Gasteiger partial charge is 0.306 e. The lowest BCUT2D eigenvalue weighted by molar-refractivity contribution is -0.142. The van der Waals surface area contributed by atoms with Crippen LogP contribution in [0.15, 0.2) is 5.38 Å². The average Bonchev–Trinajstić information content (AvgIpc) is 2.95. The molecule has 1 aliphatic rings. The zero-order chi connectivity index (χ0) is 12.3. The third-order valence-electron chi connectivity index (χ3n) is 3.41. The van der Waals surface area contributed by atoms with E-state index in [4.69, 9.17) is 5.11 Å². The van der Waals surface area contributed by atoms with Crippen molar-refractivity contribution in [3.8, 4) is 0 Å². The van der Waals surface area contributed by atoms with Gasteiger partial charge in [0.2, 0.25) is 0 Å². The fourth-order valence-corrected chi connectivity index (χ4v) is 3.18. The summed E-state index contributed by atoms with van der Waals surface area (Å²) in [6, 6.07) is 0. The van der Waals surface area contributed by atoms with E-state index in [1.807, 2.05) is 5.38 Å². The molecule has 5 heteroatoms. The quantitative estimate of drug-likeness (QED) is 0.848. The lowest BCUT2D eigenvalue weighted by Gasteiger charge is -2.15. The van der Waals surface area contributed by atoms with Crippen molar-refractivity contribution in [3.05, 3.63) is 11.1 Å². The highest BCUT2D eigenvalue weighted by Gasteiger charge is 2.32. The van der Waals surface area contributed by atoms with Crippen LogP contribution in [0.5, 0.6) is 0 Å². The van der Waals surface area contributed by atoms with Gasteiger partial charge in [-0.1, -0.05) is 13.3 Å². The Balaban J connectivity index is 1.87. The molecule has 1 fully saturated rings. The molecule has 2 unspecified atom stereocenters. The number of carbonyl (C=O) groups is 1. The normalized spacial score (nSPS) is 23.8. The molecule has 1 saturated carbocycles. The summed E-state index contributed by atoms with van der Waals surface area (Å²) in [5.41, 5.74) is 1.10. The van der Waals surface area contributed by atoms with Crippen LogP contribution in [0.1, 0.15) is 31.9 Å². The van der Waals surface area contributed by atoms with Gasteiger partial charge in [-0.3, -0.25) is 4.79 Å². The minimum absolute atomic E-state index is 0.173. The van der Waals surface area contributed by atoms with E-state index in [-0.39, 0.29) is 11.8 Å². The first-order valence-corrected chi connectivity index (χ1v) is 6.99. The number of hydrogen-bond acceptors (Lipinski definition) is 4. The van der Waals surface area contributed by atoms with E-state index < -0.39 is 5.97 Å². The highest BCUT2D eigenvalue weighted by Crippen LogP contribution is 2.32. The standard InChI is InChI=1S/C12H18N2O2S/c1-2-9-7-17-12(14-9)13-6-8-4-3-5-10(8)11(15)16/h7-8,10H,2-6H2,1H3,(H,13,14)(H,15,16). The SMILES string of the molecule is CCc1csc(NCC2CCCC2C(=O)O)n1. The number of aromatic nitrogens is 1. The second kappa shape index (κ2) is 5.49. The van der Waals surface area contributed by atoms with Gasteiger partial charge in [-0.25, -0.2) is 4.98 Å². The third kappa shape index (κ3) is 2.97. The van der Waals surface area contributed by atoms with Gasteiger partial charge in [0.1, 0.15) is 0 Å². The topological polar surface area (TPSA) is 62.2 Å². The number of carboxylic acids is 1. The van der Waals surface area contributed by atoms with Crippen molar-refractivity contribution in [2.75, 3.05) is 11.9 Å². The fraction of sp³-hybridized carbons (Fsp3) is 0.667. The van der Waals surface area contributed by atoms with Gasteiger partial charge in [-0.05, 0) is 25.2 Å². The summed E-state index contributed by atoms with van der Waals surface area (Å²) in [5.74, 6) is -0.572. The van der Waals surface area contributed by atoms with Gasteiger partial charge in [-0.15, -0.1) is 11.3 Å². The van der Waals surface area contributed by atoms with E-state index in [2.05, 4.69) is 17.2 Å². The number of carboxylic acid groups (broad SMARTS) is 1. The van der Waals surface area contributed by atoms with Crippen molar-refractivity contribution in [1.82, 2.24) is 4.98 Å². The van der Waals surface area contributed by atoms with Crippen LogP contribution in [0.2, 0.25) is 0 Å². The number of aliphatic carboxylic acids is 1. The molecule has 1 heterocycles. The first-order chi connectivity index (χ1) is 8.20. The Kier molecular flexibility index (Phi) is 3.99. The van der Waals surface area contributed by atoms with Crippen LogP contribution in [0, 0.1) is 11.8 Å². The van der Waals surface area contributed by atoms with Crippen LogP contribution >= 0.6 is 11.3 Å². The number of nitrogens with zero attached hydrogens (tertiary/aromatic N) is 1. The van der Waals surface area contributed by atoms with Gasteiger partial charge in [0.15, 0.2) is 5.13 Å². The summed E-state index contributed by atoms with van der Waals surface area (Å²) in [6.07, 6.45) is 3.80. The van der Waals surface area contributed by atoms with Crippen molar-refractivity contribution in [1.29, 1.82) is 0 Å². The van der Waals surface area contributed by atoms with Gasteiger partial charge in [0.05, 0.1) is 11.6 Å². The van der Waals surface area contributed by atoms with Crippen LogP contribution in [0.4, 0.5) is 5.13 Å². The number of hydrogen-bond donors (Lipinski definition) is 2. The first kappa shape index (κ1) is 12.4. The predicted octanol–water partition coefficient (Wildman–Crippen LogP) is 2.62. The summed E-state index contributed by atoms with van der Waals surface area (Å²) < 4.78 is 0. The Morgan fingerprint density at radius 1 is 1.65 bits per heavy atom. The molecule has 1 aromatic rings. The minimum atomic E-state index is -0.650. The second-order valence-electron chi connectivity index (χ2n) is 4.51. The molecule has 0 radical (unpaired) electrons. The van der Waals surface area contributed by atoms with E-state index in [9.17, 15) is 4.79 Å². The molecule has 94 valence electrons. The number of aryl methyl sites for hydroxylation is 1. The van der Waals surface area contributed by atoms with E-state index in [0.717, 1.165) is 43.1 Å². The molecular weight excluding hydrogens is 236 g/mol. The van der Waals surface area contributed by atoms with E-state index in [1.165, 1.54) is 0 Å². The fourth-order valence-electron chi connectivity index (χ4n) is 2.38. The van der Waals surface area contributed by atoms with Crippen LogP contribution in [-0.4, -0.2) is 22.6 Å². The first-order valence-electron chi connectivity index (χ1n) is 6.11. The maximum Gasteiger partial charge on any atom is 0.306 e. The monoisotopic (exact) mass is 254 g/mol. The highest BCUT2D eigenvalue weighted by atomic mass is 32.1. The van der Waals surface area contributed by atoms with Crippen LogP contribution in [0.3, 0.4) is 0 Å². The molecule has 1 aromatic heterocycles. The maximum absolute atomic E-state index is 11.0. The summed E-state index contributed by atoms with van der Waals surface area (Å²) in [5, 5.41) is 15.3. The summed E-state index contributed by atoms with van der Waals surface area (Å²) in [4.78, 5) is 15.5. The Morgan fingerprint density at radius 2 is 2.47 bits per heavy atom. The second-order valence-corrected chi connectivity index (χ2v) is 5.37. The van der Waals surface area contributed by atoms with Gasteiger partial charge >= 0.3 is 5.97 Å². The van der Waals surface area contributed by atoms with E-state index >= 15 is 0 Å². The Hall–Kier alpha value is -1.10. The van der Waals surface area contributed by atoms with E-state index in [0.29, 0.717) is 0 Å². The molecule has 0 aromatic carbocycles. The Labute approximate surface area is 105 Å². The summed E-state index contributed by atoms with van der Waals surface area (Å²) in [7, 11) is 0. The minimum Gasteiger partial charge on any atom is -0.481 e. The lowest BCUT2D eigenvalue weighted by atomic mass is 9.96. The molecule has 2 atom stereocenters. The number of anilines is 1. The molecule has 0 amide bonds. The molecule has 0 bridgehead atoms. The van der Waals surface area contributed by atoms with Crippen LogP contribution < -0.4 is 5.32 Å². The summed E-state index contributed by atoms with van der Waals surface area (Å²) >= 11 is 1.60. The number of nitrogens with one attached hydrogen (secondary N) is 1. The molecular formula is C12H18N2O2S. The molecule has 17 heavy (non-hydrogen) atoms. The molecule has 2 N–H and O–H groups in total.